The number of benzene rings is 2. The first-order valence-corrected chi connectivity index (χ1v) is 8.65. The Morgan fingerprint density at radius 2 is 2.12 bits per heavy atom. The molecule has 6 heteroatoms. The van der Waals surface area contributed by atoms with Crippen LogP contribution in [0.2, 0.25) is 5.02 Å². The molecule has 2 amide bonds. The number of piperidine rings is 1. The molecule has 1 aliphatic rings. The number of rotatable bonds is 4. The third-order valence-electron chi connectivity index (χ3n) is 4.12. The van der Waals surface area contributed by atoms with Gasteiger partial charge in [-0.25, -0.2) is 9.18 Å². The lowest BCUT2D eigenvalue weighted by Crippen LogP contribution is -2.45. The number of hydrogen-bond donors (Lipinski definition) is 1. The minimum absolute atomic E-state index is 0.0536. The lowest BCUT2D eigenvalue weighted by atomic mass is 10.1. The van der Waals surface area contributed by atoms with Crippen LogP contribution >= 0.6 is 11.6 Å². The number of nitrogens with one attached hydrogen (secondary N) is 1. The van der Waals surface area contributed by atoms with Gasteiger partial charge in [0.25, 0.3) is 0 Å². The van der Waals surface area contributed by atoms with Gasteiger partial charge in [0.1, 0.15) is 5.82 Å². The molecule has 0 aliphatic carbocycles. The van der Waals surface area contributed by atoms with E-state index in [9.17, 15) is 9.18 Å². The largest absolute Gasteiger partial charge is 0.372 e. The number of nitrogens with zero attached hydrogens (tertiary/aromatic N) is 1. The maximum atomic E-state index is 13.2. The van der Waals surface area contributed by atoms with Crippen LogP contribution in [0.15, 0.2) is 48.5 Å². The number of carbonyl (C=O) groups excluding carboxylic acids is 1. The molecular weight excluding hydrogens is 343 g/mol. The molecule has 0 bridgehead atoms. The molecule has 0 saturated carbocycles. The summed E-state index contributed by atoms with van der Waals surface area (Å²) in [6, 6.07) is 13.3. The molecule has 4 nitrogen and oxygen atoms in total. The van der Waals surface area contributed by atoms with Crippen LogP contribution in [0.5, 0.6) is 0 Å². The Balaban J connectivity index is 1.52. The maximum absolute atomic E-state index is 13.2. The van der Waals surface area contributed by atoms with Gasteiger partial charge in [0.15, 0.2) is 0 Å². The summed E-state index contributed by atoms with van der Waals surface area (Å²) in [5.41, 5.74) is 1.46. The van der Waals surface area contributed by atoms with E-state index in [1.807, 2.05) is 6.07 Å². The van der Waals surface area contributed by atoms with Crippen LogP contribution < -0.4 is 5.32 Å². The lowest BCUT2D eigenvalue weighted by molar-refractivity contribution is 0.000934. The third-order valence-corrected chi connectivity index (χ3v) is 4.35. The highest BCUT2D eigenvalue weighted by Crippen LogP contribution is 2.19. The highest BCUT2D eigenvalue weighted by Gasteiger charge is 2.24. The average molecular weight is 363 g/mol. The number of anilines is 1. The fourth-order valence-electron chi connectivity index (χ4n) is 2.87. The number of urea groups is 1. The van der Waals surface area contributed by atoms with E-state index in [0.717, 1.165) is 18.4 Å². The van der Waals surface area contributed by atoms with Gasteiger partial charge in [-0.3, -0.25) is 0 Å². The van der Waals surface area contributed by atoms with Crippen LogP contribution in [0.1, 0.15) is 18.4 Å². The molecular formula is C19H20ClFN2O2. The molecule has 0 radical (unpaired) electrons. The van der Waals surface area contributed by atoms with Gasteiger partial charge in [0.05, 0.1) is 12.7 Å². The second-order valence-corrected chi connectivity index (χ2v) is 6.53. The first-order chi connectivity index (χ1) is 12.1. The summed E-state index contributed by atoms with van der Waals surface area (Å²) in [6.07, 6.45) is 1.70. The molecule has 1 N–H and O–H groups in total. The van der Waals surface area contributed by atoms with Gasteiger partial charge in [-0.05, 0) is 48.7 Å². The fourth-order valence-corrected chi connectivity index (χ4v) is 3.06. The van der Waals surface area contributed by atoms with E-state index in [2.05, 4.69) is 5.32 Å². The molecule has 0 spiro atoms. The second kappa shape index (κ2) is 8.32. The van der Waals surface area contributed by atoms with Crippen molar-refractivity contribution in [1.82, 2.24) is 4.90 Å². The lowest BCUT2D eigenvalue weighted by Gasteiger charge is -2.32. The van der Waals surface area contributed by atoms with E-state index in [1.165, 1.54) is 12.1 Å². The standard InChI is InChI=1S/C19H20ClFN2O2/c20-15-5-2-7-17(11-15)22-19(24)23-9-3-8-18(12-23)25-13-14-4-1-6-16(21)10-14/h1-2,4-7,10-11,18H,3,8-9,12-13H2,(H,22,24)/t18-/m1/s1. The van der Waals surface area contributed by atoms with E-state index < -0.39 is 0 Å². The number of hydrogen-bond acceptors (Lipinski definition) is 2. The van der Waals surface area contributed by atoms with E-state index >= 15 is 0 Å². The summed E-state index contributed by atoms with van der Waals surface area (Å²) in [5, 5.41) is 3.43. The van der Waals surface area contributed by atoms with Crippen LogP contribution in [0.3, 0.4) is 0 Å². The van der Waals surface area contributed by atoms with Gasteiger partial charge in [-0.15, -0.1) is 0 Å². The average Bonchev–Trinajstić information content (AvgIpc) is 2.60. The first-order valence-electron chi connectivity index (χ1n) is 8.28. The van der Waals surface area contributed by atoms with Crippen LogP contribution in [0.4, 0.5) is 14.9 Å². The van der Waals surface area contributed by atoms with Crippen molar-refractivity contribution in [2.24, 2.45) is 0 Å². The van der Waals surface area contributed by atoms with Gasteiger partial charge in [-0.1, -0.05) is 29.8 Å². The number of carbonyl (C=O) groups is 1. The molecule has 0 aromatic heterocycles. The van der Waals surface area contributed by atoms with Crippen LogP contribution in [0.25, 0.3) is 0 Å². The molecule has 25 heavy (non-hydrogen) atoms. The zero-order chi connectivity index (χ0) is 17.6. The molecule has 1 aliphatic heterocycles. The van der Waals surface area contributed by atoms with Gasteiger partial charge in [0, 0.05) is 23.8 Å². The van der Waals surface area contributed by atoms with Gasteiger partial charge in [0.2, 0.25) is 0 Å². The van der Waals surface area contributed by atoms with E-state index in [-0.39, 0.29) is 18.0 Å². The second-order valence-electron chi connectivity index (χ2n) is 6.09. The molecule has 2 aromatic rings. The van der Waals surface area contributed by atoms with Crippen molar-refractivity contribution in [2.75, 3.05) is 18.4 Å². The van der Waals surface area contributed by atoms with Crippen LogP contribution in [-0.4, -0.2) is 30.1 Å². The molecule has 2 aromatic carbocycles. The van der Waals surface area contributed by atoms with E-state index in [1.54, 1.807) is 35.2 Å². The Morgan fingerprint density at radius 3 is 2.92 bits per heavy atom. The summed E-state index contributed by atoms with van der Waals surface area (Å²) in [5.74, 6) is -0.271. The van der Waals surface area contributed by atoms with Crippen molar-refractivity contribution in [2.45, 2.75) is 25.6 Å². The van der Waals surface area contributed by atoms with E-state index in [4.69, 9.17) is 16.3 Å². The Kier molecular flexibility index (Phi) is 5.89. The summed E-state index contributed by atoms with van der Waals surface area (Å²) in [7, 11) is 0. The minimum Gasteiger partial charge on any atom is -0.372 e. The van der Waals surface area contributed by atoms with E-state index in [0.29, 0.717) is 30.4 Å². The van der Waals surface area contributed by atoms with Gasteiger partial charge < -0.3 is 15.0 Å². The number of likely N-dealkylation sites (tertiary alicyclic amines) is 1. The highest BCUT2D eigenvalue weighted by molar-refractivity contribution is 6.30. The fraction of sp³-hybridized carbons (Fsp3) is 0.316. The summed E-state index contributed by atoms with van der Waals surface area (Å²) >= 11 is 5.94. The Bertz CT molecular complexity index is 741. The van der Waals surface area contributed by atoms with Gasteiger partial charge >= 0.3 is 6.03 Å². The molecule has 1 heterocycles. The molecule has 1 atom stereocenters. The predicted octanol–water partition coefficient (Wildman–Crippen LogP) is 4.69. The number of ether oxygens (including phenoxy) is 1. The first kappa shape index (κ1) is 17.7. The Morgan fingerprint density at radius 1 is 1.28 bits per heavy atom. The molecule has 132 valence electrons. The van der Waals surface area contributed by atoms with Crippen molar-refractivity contribution in [3.63, 3.8) is 0 Å². The van der Waals surface area contributed by atoms with Crippen molar-refractivity contribution in [1.29, 1.82) is 0 Å². The molecule has 1 fully saturated rings. The number of halogens is 2. The van der Waals surface area contributed by atoms with Gasteiger partial charge in [-0.2, -0.15) is 0 Å². The summed E-state index contributed by atoms with van der Waals surface area (Å²) in [4.78, 5) is 14.1. The maximum Gasteiger partial charge on any atom is 0.321 e. The highest BCUT2D eigenvalue weighted by atomic mass is 35.5. The molecule has 1 saturated heterocycles. The Hall–Kier alpha value is -2.11. The van der Waals surface area contributed by atoms with Crippen molar-refractivity contribution < 1.29 is 13.9 Å². The third kappa shape index (κ3) is 5.18. The zero-order valence-electron chi connectivity index (χ0n) is 13.8. The summed E-state index contributed by atoms with van der Waals surface area (Å²) < 4.78 is 19.1. The minimum atomic E-state index is -0.271. The van der Waals surface area contributed by atoms with Crippen LogP contribution in [0, 0.1) is 5.82 Å². The quantitative estimate of drug-likeness (QED) is 0.857. The monoisotopic (exact) mass is 362 g/mol. The topological polar surface area (TPSA) is 41.6 Å². The van der Waals surface area contributed by atoms with Crippen molar-refractivity contribution in [3.05, 3.63) is 64.9 Å². The SMILES string of the molecule is O=C(Nc1cccc(Cl)c1)N1CCC[C@@H](OCc2cccc(F)c2)C1. The van der Waals surface area contributed by atoms with Crippen molar-refractivity contribution in [3.8, 4) is 0 Å². The molecule has 0 unspecified atom stereocenters. The van der Waals surface area contributed by atoms with Crippen molar-refractivity contribution >= 4 is 23.3 Å². The summed E-state index contributed by atoms with van der Waals surface area (Å²) in [6.45, 7) is 1.54. The molecule has 3 rings (SSSR count). The number of amides is 2. The smallest absolute Gasteiger partial charge is 0.321 e. The predicted molar refractivity (Wildman–Crippen MR) is 96.3 cm³/mol. The normalized spacial score (nSPS) is 17.4. The zero-order valence-corrected chi connectivity index (χ0v) is 14.5. The van der Waals surface area contributed by atoms with Crippen LogP contribution in [-0.2, 0) is 11.3 Å². The Labute approximate surface area is 151 Å².